The Bertz CT molecular complexity index is 850. The van der Waals surface area contributed by atoms with Crippen molar-refractivity contribution in [1.29, 1.82) is 0 Å². The molecule has 2 aliphatic carbocycles. The van der Waals surface area contributed by atoms with Crippen LogP contribution in [0.5, 0.6) is 0 Å². The van der Waals surface area contributed by atoms with E-state index >= 15 is 0 Å². The zero-order valence-corrected chi connectivity index (χ0v) is 18.8. The number of carbonyl (C=O) groups excluding carboxylic acids is 2. The van der Waals surface area contributed by atoms with Crippen molar-refractivity contribution in [2.75, 3.05) is 0 Å². The minimum atomic E-state index is -0.549. The first-order chi connectivity index (χ1) is 14.5. The van der Waals surface area contributed by atoms with Gasteiger partial charge >= 0.3 is 0 Å². The van der Waals surface area contributed by atoms with E-state index in [1.54, 1.807) is 11.3 Å². The summed E-state index contributed by atoms with van der Waals surface area (Å²) < 4.78 is 0. The molecule has 1 aromatic carbocycles. The average molecular weight is 425 g/mol. The van der Waals surface area contributed by atoms with Gasteiger partial charge in [-0.05, 0) is 54.2 Å². The van der Waals surface area contributed by atoms with Crippen molar-refractivity contribution in [2.24, 2.45) is 0 Å². The lowest BCUT2D eigenvalue weighted by Gasteiger charge is -2.32. The molecular weight excluding hydrogens is 392 g/mol. The Kier molecular flexibility index (Phi) is 6.57. The average Bonchev–Trinajstić information content (AvgIpc) is 3.18. The van der Waals surface area contributed by atoms with Crippen LogP contribution in [-0.4, -0.2) is 28.8 Å². The summed E-state index contributed by atoms with van der Waals surface area (Å²) in [5.74, 6) is 0.467. The maximum Gasteiger partial charge on any atom is 0.247 e. The summed E-state index contributed by atoms with van der Waals surface area (Å²) in [6, 6.07) is 12.1. The highest BCUT2D eigenvalue weighted by Crippen LogP contribution is 2.36. The fourth-order valence-electron chi connectivity index (χ4n) is 4.42. The van der Waals surface area contributed by atoms with Crippen LogP contribution >= 0.6 is 11.3 Å². The van der Waals surface area contributed by atoms with Gasteiger partial charge in [0.15, 0.2) is 0 Å². The van der Waals surface area contributed by atoms with Crippen molar-refractivity contribution < 1.29 is 9.59 Å². The summed E-state index contributed by atoms with van der Waals surface area (Å²) >= 11 is 1.60. The van der Waals surface area contributed by atoms with E-state index in [0.717, 1.165) is 36.1 Å². The molecule has 160 valence electrons. The summed E-state index contributed by atoms with van der Waals surface area (Å²) in [4.78, 5) is 29.8. The van der Waals surface area contributed by atoms with Crippen LogP contribution in [0.1, 0.15) is 80.3 Å². The van der Waals surface area contributed by atoms with E-state index in [1.165, 1.54) is 18.4 Å². The van der Waals surface area contributed by atoms with Crippen LogP contribution in [0.2, 0.25) is 0 Å². The molecule has 2 aromatic rings. The molecule has 0 bridgehead atoms. The van der Waals surface area contributed by atoms with Gasteiger partial charge in [0, 0.05) is 17.0 Å². The first-order valence-corrected chi connectivity index (χ1v) is 12.1. The Balaban J connectivity index is 1.62. The SMILES string of the molecule is CC(C)c1ccc(C(C(=O)NC2CCCC2)N(C(=O)Cc2cccs2)C2CC2)cc1. The molecule has 30 heavy (non-hydrogen) atoms. The van der Waals surface area contributed by atoms with Gasteiger partial charge in [0.2, 0.25) is 11.8 Å². The van der Waals surface area contributed by atoms with Crippen LogP contribution in [0.3, 0.4) is 0 Å². The molecule has 2 fully saturated rings. The number of nitrogens with zero attached hydrogens (tertiary/aromatic N) is 1. The smallest absolute Gasteiger partial charge is 0.247 e. The molecular formula is C25H32N2O2S. The molecule has 1 aromatic heterocycles. The summed E-state index contributed by atoms with van der Waals surface area (Å²) in [5, 5.41) is 5.26. The Hall–Kier alpha value is -2.14. The van der Waals surface area contributed by atoms with E-state index in [2.05, 4.69) is 31.3 Å². The summed E-state index contributed by atoms with van der Waals surface area (Å²) in [7, 11) is 0. The summed E-state index contributed by atoms with van der Waals surface area (Å²) in [6.07, 6.45) is 6.74. The number of carbonyl (C=O) groups is 2. The van der Waals surface area contributed by atoms with Crippen LogP contribution < -0.4 is 5.32 Å². The predicted octanol–water partition coefficient (Wildman–Crippen LogP) is 5.21. The number of hydrogen-bond donors (Lipinski definition) is 1. The van der Waals surface area contributed by atoms with Gasteiger partial charge in [-0.1, -0.05) is 57.0 Å². The molecule has 2 aliphatic rings. The predicted molar refractivity (Wildman–Crippen MR) is 122 cm³/mol. The van der Waals surface area contributed by atoms with Crippen molar-refractivity contribution in [3.8, 4) is 0 Å². The van der Waals surface area contributed by atoms with Crippen LogP contribution in [0.25, 0.3) is 0 Å². The van der Waals surface area contributed by atoms with Crippen LogP contribution in [-0.2, 0) is 16.0 Å². The molecule has 4 rings (SSSR count). The van der Waals surface area contributed by atoms with Gasteiger partial charge in [0.25, 0.3) is 0 Å². The lowest BCUT2D eigenvalue weighted by Crippen LogP contribution is -2.47. The Labute approximate surface area is 183 Å². The number of rotatable bonds is 8. The minimum Gasteiger partial charge on any atom is -0.351 e. The zero-order chi connectivity index (χ0) is 21.1. The van der Waals surface area contributed by atoms with E-state index in [-0.39, 0.29) is 23.9 Å². The largest absolute Gasteiger partial charge is 0.351 e. The van der Waals surface area contributed by atoms with Gasteiger partial charge in [0.05, 0.1) is 6.42 Å². The molecule has 1 unspecified atom stereocenters. The molecule has 1 heterocycles. The maximum absolute atomic E-state index is 13.5. The fourth-order valence-corrected chi connectivity index (χ4v) is 5.11. The fraction of sp³-hybridized carbons (Fsp3) is 0.520. The second-order valence-electron chi connectivity index (χ2n) is 9.00. The van der Waals surface area contributed by atoms with E-state index in [0.29, 0.717) is 12.3 Å². The Morgan fingerprint density at radius 3 is 2.27 bits per heavy atom. The van der Waals surface area contributed by atoms with Gasteiger partial charge in [0.1, 0.15) is 6.04 Å². The molecule has 0 spiro atoms. The maximum atomic E-state index is 13.5. The van der Waals surface area contributed by atoms with Gasteiger partial charge in [-0.25, -0.2) is 0 Å². The minimum absolute atomic E-state index is 0.0226. The quantitative estimate of drug-likeness (QED) is 0.633. The van der Waals surface area contributed by atoms with Gasteiger partial charge in [-0.3, -0.25) is 9.59 Å². The molecule has 1 N–H and O–H groups in total. The van der Waals surface area contributed by atoms with Crippen LogP contribution in [0.15, 0.2) is 41.8 Å². The molecule has 4 nitrogen and oxygen atoms in total. The van der Waals surface area contributed by atoms with Crippen molar-refractivity contribution in [2.45, 2.75) is 82.8 Å². The normalized spacial score (nSPS) is 17.8. The number of nitrogens with one attached hydrogen (secondary N) is 1. The number of hydrogen-bond acceptors (Lipinski definition) is 3. The van der Waals surface area contributed by atoms with E-state index in [9.17, 15) is 9.59 Å². The van der Waals surface area contributed by atoms with Crippen molar-refractivity contribution in [3.63, 3.8) is 0 Å². The second kappa shape index (κ2) is 9.34. The third-order valence-corrected chi connectivity index (χ3v) is 7.16. The first-order valence-electron chi connectivity index (χ1n) is 11.3. The zero-order valence-electron chi connectivity index (χ0n) is 18.0. The molecule has 1 atom stereocenters. The van der Waals surface area contributed by atoms with E-state index in [4.69, 9.17) is 0 Å². The van der Waals surface area contributed by atoms with Crippen LogP contribution in [0.4, 0.5) is 0 Å². The Morgan fingerprint density at radius 1 is 1.03 bits per heavy atom. The molecule has 5 heteroatoms. The van der Waals surface area contributed by atoms with Gasteiger partial charge < -0.3 is 10.2 Å². The first kappa shape index (κ1) is 21.1. The van der Waals surface area contributed by atoms with E-state index in [1.807, 2.05) is 34.5 Å². The molecule has 0 radical (unpaired) electrons. The molecule has 0 saturated heterocycles. The van der Waals surface area contributed by atoms with Crippen LogP contribution in [0, 0.1) is 0 Å². The van der Waals surface area contributed by atoms with Gasteiger partial charge in [-0.2, -0.15) is 0 Å². The third-order valence-electron chi connectivity index (χ3n) is 6.28. The highest BCUT2D eigenvalue weighted by atomic mass is 32.1. The Morgan fingerprint density at radius 2 is 1.70 bits per heavy atom. The van der Waals surface area contributed by atoms with Crippen molar-refractivity contribution in [3.05, 3.63) is 57.8 Å². The van der Waals surface area contributed by atoms with Crippen molar-refractivity contribution in [1.82, 2.24) is 10.2 Å². The molecule has 2 saturated carbocycles. The van der Waals surface area contributed by atoms with E-state index < -0.39 is 6.04 Å². The number of thiophene rings is 1. The lowest BCUT2D eigenvalue weighted by molar-refractivity contribution is -0.141. The number of amides is 2. The summed E-state index contributed by atoms with van der Waals surface area (Å²) in [6.45, 7) is 4.33. The van der Waals surface area contributed by atoms with Gasteiger partial charge in [-0.15, -0.1) is 11.3 Å². The topological polar surface area (TPSA) is 49.4 Å². The standard InChI is InChI=1S/C25H32N2O2S/c1-17(2)18-9-11-19(12-10-18)24(25(29)26-20-6-3-4-7-20)27(21-13-14-21)23(28)16-22-8-5-15-30-22/h5,8-12,15,17,20-21,24H,3-4,6-7,13-14,16H2,1-2H3,(H,26,29). The van der Waals surface area contributed by atoms with Crippen molar-refractivity contribution >= 4 is 23.2 Å². The molecule has 2 amide bonds. The monoisotopic (exact) mass is 424 g/mol. The second-order valence-corrected chi connectivity index (χ2v) is 10.0. The third kappa shape index (κ3) is 4.94. The molecule has 0 aliphatic heterocycles. The highest BCUT2D eigenvalue weighted by molar-refractivity contribution is 7.10. The number of benzene rings is 1. The highest BCUT2D eigenvalue weighted by Gasteiger charge is 2.41. The summed E-state index contributed by atoms with van der Waals surface area (Å²) in [5.41, 5.74) is 2.16. The lowest BCUT2D eigenvalue weighted by atomic mass is 9.97.